The Balaban J connectivity index is -0.000000729. The summed E-state index contributed by atoms with van der Waals surface area (Å²) in [5, 5.41) is 3.91. The molecule has 53 heavy (non-hydrogen) atoms. The molecule has 0 unspecified atom stereocenters. The maximum absolute atomic E-state index is 12.8. The smallest absolute Gasteiger partial charge is 0.306 e. The molecule has 2 rings (SSSR count). The van der Waals surface area contributed by atoms with Gasteiger partial charge >= 0.3 is 11.9 Å². The van der Waals surface area contributed by atoms with Crippen molar-refractivity contribution in [3.05, 3.63) is 0 Å². The minimum atomic E-state index is -0.475. The maximum Gasteiger partial charge on any atom is 0.306 e. The van der Waals surface area contributed by atoms with E-state index in [1.54, 1.807) is 5.06 Å². The van der Waals surface area contributed by atoms with Gasteiger partial charge in [-0.1, -0.05) is 69.7 Å². The number of rotatable bonds is 21. The first kappa shape index (κ1) is 46.0. The van der Waals surface area contributed by atoms with Crippen LogP contribution in [0, 0.1) is 48.1 Å². The molecule has 2 saturated heterocycles. The van der Waals surface area contributed by atoms with Crippen molar-refractivity contribution in [3.63, 3.8) is 0 Å². The first-order valence-electron chi connectivity index (χ1n) is 20.0. The molecule has 0 amide bonds. The van der Waals surface area contributed by atoms with E-state index in [1.807, 2.05) is 27.7 Å². The Morgan fingerprint density at radius 2 is 1.02 bits per heavy atom. The highest BCUT2D eigenvalue weighted by Crippen LogP contribution is 2.41. The third-order valence-corrected chi connectivity index (χ3v) is 9.96. The average Bonchev–Trinajstić information content (AvgIpc) is 3.04. The SMILES string of the molecule is C#CC#CC#CC#COON1C(C)(C)CC(OC(=O)CCCCCCCCC(=O)OC2CC(C)(C)N(OCCCCCCCC)C(C)(C)C2)CC1(C)C.[HH].[HH].[HH].[HH].[HH].[HH].[HH].[HH]. The van der Waals surface area contributed by atoms with Crippen LogP contribution in [0.15, 0.2) is 0 Å². The molecule has 9 heteroatoms. The summed E-state index contributed by atoms with van der Waals surface area (Å²) < 4.78 is 11.9. The summed E-state index contributed by atoms with van der Waals surface area (Å²) in [5.41, 5.74) is -1.39. The number of carbonyl (C=O) groups is 2. The molecule has 0 bridgehead atoms. The van der Waals surface area contributed by atoms with Gasteiger partial charge in [0.1, 0.15) is 12.2 Å². The number of esters is 2. The van der Waals surface area contributed by atoms with Crippen LogP contribution in [0.2, 0.25) is 0 Å². The van der Waals surface area contributed by atoms with Crippen molar-refractivity contribution in [2.75, 3.05) is 6.61 Å². The molecule has 0 aromatic rings. The van der Waals surface area contributed by atoms with Crippen molar-refractivity contribution in [3.8, 4) is 48.1 Å². The minimum absolute atomic E-state index is 0. The number of hydrogen-bond acceptors (Lipinski definition) is 9. The summed E-state index contributed by atoms with van der Waals surface area (Å²) in [6.45, 7) is 19.8. The van der Waals surface area contributed by atoms with Crippen LogP contribution >= 0.6 is 0 Å². The van der Waals surface area contributed by atoms with Gasteiger partial charge in [0.25, 0.3) is 0 Å². The van der Waals surface area contributed by atoms with Crippen LogP contribution in [0.4, 0.5) is 0 Å². The number of nitrogens with zero attached hydrogens (tertiary/aromatic N) is 2. The second kappa shape index (κ2) is 22.9. The summed E-state index contributed by atoms with van der Waals surface area (Å²) in [5.74, 6) is 14.2. The van der Waals surface area contributed by atoms with E-state index in [4.69, 9.17) is 30.6 Å². The Morgan fingerprint density at radius 3 is 1.51 bits per heavy atom. The van der Waals surface area contributed by atoms with Crippen LogP contribution in [0.5, 0.6) is 0 Å². The number of terminal acetylenes is 1. The van der Waals surface area contributed by atoms with Crippen LogP contribution in [0.1, 0.15) is 189 Å². The Labute approximate surface area is 334 Å². The van der Waals surface area contributed by atoms with Crippen LogP contribution < -0.4 is 0 Å². The second-order valence-corrected chi connectivity index (χ2v) is 17.1. The fourth-order valence-electron chi connectivity index (χ4n) is 8.07. The third kappa shape index (κ3) is 17.2. The molecule has 0 radical (unpaired) electrons. The topological polar surface area (TPSA) is 86.8 Å². The van der Waals surface area contributed by atoms with Gasteiger partial charge in [0, 0.05) is 89.9 Å². The molecule has 0 aromatic carbocycles. The van der Waals surface area contributed by atoms with Crippen molar-refractivity contribution in [1.82, 2.24) is 10.1 Å². The monoisotopic (exact) mass is 753 g/mol. The van der Waals surface area contributed by atoms with E-state index >= 15 is 0 Å². The van der Waals surface area contributed by atoms with Gasteiger partial charge in [0.15, 0.2) is 6.11 Å². The van der Waals surface area contributed by atoms with Crippen LogP contribution in [0.3, 0.4) is 0 Å². The standard InChI is InChI=1S/C44H68N2O7.8H2/c1-11-13-15-17-23-27-31-49-45-41(3,4)33-37(34-42(45,5)6)51-39(47)29-25-21-19-20-22-26-30-40(48)52-38-35-43(7,8)46(44(9,10)36-38)53-50-32-28-24-18-16-14-12-2;;;;;;;;/h2,37-38H,11,13,15,17,19-23,25-27,29-31,33-36H2,1,3-10H3;8*1H. The quantitative estimate of drug-likeness (QED) is 0.0374. The lowest BCUT2D eigenvalue weighted by molar-refractivity contribution is -0.449. The van der Waals surface area contributed by atoms with Crippen LogP contribution in [-0.2, 0) is 33.8 Å². The molecule has 0 aromatic heterocycles. The first-order valence-corrected chi connectivity index (χ1v) is 20.0. The van der Waals surface area contributed by atoms with Crippen molar-refractivity contribution in [2.24, 2.45) is 0 Å². The molecule has 312 valence electrons. The molecule has 9 nitrogen and oxygen atoms in total. The molecule has 2 heterocycles. The molecule has 0 atom stereocenters. The fraction of sp³-hybridized carbons (Fsp3) is 0.773. The highest BCUT2D eigenvalue weighted by Gasteiger charge is 2.49. The largest absolute Gasteiger partial charge is 0.462 e. The summed E-state index contributed by atoms with van der Waals surface area (Å²) >= 11 is 0. The van der Waals surface area contributed by atoms with E-state index in [0.717, 1.165) is 64.4 Å². The van der Waals surface area contributed by atoms with Crippen molar-refractivity contribution >= 4 is 11.9 Å². The molecule has 0 aliphatic carbocycles. The minimum Gasteiger partial charge on any atom is -0.462 e. The number of ether oxygens (including phenoxy) is 2. The van der Waals surface area contributed by atoms with Gasteiger partial charge in [-0.2, -0.15) is 5.06 Å². The number of hydrogen-bond donors (Lipinski definition) is 0. The van der Waals surface area contributed by atoms with E-state index in [2.05, 4.69) is 81.3 Å². The van der Waals surface area contributed by atoms with E-state index in [-0.39, 0.29) is 46.6 Å². The normalized spacial score (nSPS) is 19.2. The Morgan fingerprint density at radius 1 is 0.604 bits per heavy atom. The lowest BCUT2D eigenvalue weighted by Crippen LogP contribution is -2.62. The molecule has 0 saturated carbocycles. The van der Waals surface area contributed by atoms with Crippen molar-refractivity contribution in [2.45, 2.75) is 212 Å². The van der Waals surface area contributed by atoms with Gasteiger partial charge in [-0.15, -0.1) is 11.5 Å². The summed E-state index contributed by atoms with van der Waals surface area (Å²) in [7, 11) is 0. The molecule has 0 spiro atoms. The average molecular weight is 753 g/mol. The summed E-state index contributed by atoms with van der Waals surface area (Å²) in [6.07, 6.45) is 23.6. The van der Waals surface area contributed by atoms with Crippen LogP contribution in [0.25, 0.3) is 0 Å². The van der Waals surface area contributed by atoms with E-state index < -0.39 is 11.1 Å². The predicted molar refractivity (Wildman–Crippen MR) is 226 cm³/mol. The van der Waals surface area contributed by atoms with Gasteiger partial charge in [-0.05, 0) is 92.4 Å². The summed E-state index contributed by atoms with van der Waals surface area (Å²) in [6, 6.07) is 0. The zero-order chi connectivity index (χ0) is 39.4. The lowest BCUT2D eigenvalue weighted by Gasteiger charge is -2.53. The molecular formula is C44H84N2O7. The third-order valence-electron chi connectivity index (χ3n) is 9.96. The zero-order valence-electron chi connectivity index (χ0n) is 34.4. The maximum atomic E-state index is 12.8. The van der Waals surface area contributed by atoms with Gasteiger partial charge in [-0.25, -0.2) is 0 Å². The lowest BCUT2D eigenvalue weighted by atomic mass is 9.80. The molecule has 2 fully saturated rings. The van der Waals surface area contributed by atoms with Crippen molar-refractivity contribution < 1.29 is 45.2 Å². The molecule has 2 aliphatic rings. The zero-order valence-corrected chi connectivity index (χ0v) is 34.4. The van der Waals surface area contributed by atoms with E-state index in [9.17, 15) is 9.59 Å². The number of piperidine rings is 2. The number of hydroxylamine groups is 4. The van der Waals surface area contributed by atoms with E-state index in [0.29, 0.717) is 25.7 Å². The molecule has 2 aliphatic heterocycles. The fourth-order valence-corrected chi connectivity index (χ4v) is 8.07. The number of carbonyl (C=O) groups excluding carboxylic acids is 2. The predicted octanol–water partition coefficient (Wildman–Crippen LogP) is 11.0. The van der Waals surface area contributed by atoms with Crippen molar-refractivity contribution in [1.29, 1.82) is 0 Å². The number of unbranched alkanes of at least 4 members (excludes halogenated alkanes) is 10. The highest BCUT2D eigenvalue weighted by atomic mass is 17.3. The highest BCUT2D eigenvalue weighted by molar-refractivity contribution is 5.70. The molecule has 0 N–H and O–H groups in total. The van der Waals surface area contributed by atoms with E-state index in [1.165, 1.54) is 32.1 Å². The molecular weight excluding hydrogens is 668 g/mol. The Bertz CT molecular complexity index is 1370. The van der Waals surface area contributed by atoms with Gasteiger partial charge in [-0.3, -0.25) is 19.3 Å². The Kier molecular flexibility index (Phi) is 19.9. The van der Waals surface area contributed by atoms with Gasteiger partial charge < -0.3 is 9.47 Å². The van der Waals surface area contributed by atoms with Gasteiger partial charge in [0.05, 0.1) is 6.61 Å². The Hall–Kier alpha value is -3.18. The van der Waals surface area contributed by atoms with Gasteiger partial charge in [0.2, 0.25) is 0 Å². The first-order chi connectivity index (χ1) is 25.0. The second-order valence-electron chi connectivity index (χ2n) is 17.1. The summed E-state index contributed by atoms with van der Waals surface area (Å²) in [4.78, 5) is 42.5. The van der Waals surface area contributed by atoms with Crippen LogP contribution in [-0.4, -0.2) is 63.0 Å².